The Balaban J connectivity index is 2.44. The van der Waals surface area contributed by atoms with Crippen molar-refractivity contribution in [3.63, 3.8) is 0 Å². The number of sulfone groups is 1. The number of amides is 1. The fraction of sp³-hybridized carbons (Fsp3) is 0.929. The molecule has 23 heavy (non-hydrogen) atoms. The summed E-state index contributed by atoms with van der Waals surface area (Å²) in [7, 11) is -3.04. The summed E-state index contributed by atoms with van der Waals surface area (Å²) in [6.07, 6.45) is 5.11. The van der Waals surface area contributed by atoms with E-state index in [-0.39, 0.29) is 23.5 Å². The van der Waals surface area contributed by atoms with Crippen LogP contribution in [0.15, 0.2) is 0 Å². The molecule has 136 valence electrons. The molecule has 2 N–H and O–H groups in total. The zero-order chi connectivity index (χ0) is 17.5. The highest BCUT2D eigenvalue weighted by Crippen LogP contribution is 2.30. The summed E-state index contributed by atoms with van der Waals surface area (Å²) in [5.41, 5.74) is 0. The predicted molar refractivity (Wildman–Crippen MR) is 95.8 cm³/mol. The molecule has 0 aromatic heterocycles. The molecule has 0 bridgehead atoms. The third-order valence-electron chi connectivity index (χ3n) is 3.77. The van der Waals surface area contributed by atoms with Gasteiger partial charge in [-0.15, -0.1) is 0 Å². The normalized spacial score (nSPS) is 22.0. The molecule has 2 unspecified atom stereocenters. The van der Waals surface area contributed by atoms with E-state index in [9.17, 15) is 13.2 Å². The fourth-order valence-electron chi connectivity index (χ4n) is 2.50. The van der Waals surface area contributed by atoms with Gasteiger partial charge in [0, 0.05) is 12.5 Å². The Morgan fingerprint density at radius 2 is 1.87 bits per heavy atom. The van der Waals surface area contributed by atoms with Crippen LogP contribution < -0.4 is 10.6 Å². The number of alkyl halides is 3. The highest BCUT2D eigenvalue weighted by atomic mass is 35.6. The molecule has 0 aromatic rings. The smallest absolute Gasteiger partial charge is 0.223 e. The number of nitrogens with one attached hydrogen (secondary N) is 2. The van der Waals surface area contributed by atoms with Crippen LogP contribution in [0.5, 0.6) is 0 Å². The largest absolute Gasteiger partial charge is 0.337 e. The van der Waals surface area contributed by atoms with Gasteiger partial charge in [0.25, 0.3) is 0 Å². The van der Waals surface area contributed by atoms with Crippen LogP contribution in [0.4, 0.5) is 0 Å². The van der Waals surface area contributed by atoms with Crippen molar-refractivity contribution >= 4 is 50.5 Å². The second-order valence-electron chi connectivity index (χ2n) is 5.97. The Kier molecular flexibility index (Phi) is 8.94. The lowest BCUT2D eigenvalue weighted by molar-refractivity contribution is -0.122. The summed E-state index contributed by atoms with van der Waals surface area (Å²) >= 11 is 17.7. The molecule has 1 rings (SSSR count). The van der Waals surface area contributed by atoms with Crippen molar-refractivity contribution in [1.29, 1.82) is 0 Å². The molecular weight excluding hydrogens is 383 g/mol. The third kappa shape index (κ3) is 8.77. The van der Waals surface area contributed by atoms with Gasteiger partial charge in [-0.3, -0.25) is 10.1 Å². The van der Waals surface area contributed by atoms with Gasteiger partial charge >= 0.3 is 0 Å². The lowest BCUT2D eigenvalue weighted by Crippen LogP contribution is -2.56. The minimum atomic E-state index is -3.04. The van der Waals surface area contributed by atoms with Crippen molar-refractivity contribution in [2.24, 2.45) is 0 Å². The molecule has 0 saturated carbocycles. The standard InChI is InChI=1S/C14H25Cl3N2O3S/c1-2-3-4-5-6-7-12(20)19-13(14(15,16)17)18-11-8-9-23(21,22)10-11/h11,13,18H,2-10H2,1H3,(H,19,20). The molecule has 0 radical (unpaired) electrons. The maximum absolute atomic E-state index is 12.0. The first-order chi connectivity index (χ1) is 10.6. The van der Waals surface area contributed by atoms with Gasteiger partial charge in [-0.05, 0) is 12.8 Å². The van der Waals surface area contributed by atoms with E-state index in [2.05, 4.69) is 17.6 Å². The molecule has 0 spiro atoms. The molecule has 1 saturated heterocycles. The van der Waals surface area contributed by atoms with Crippen LogP contribution in [0.2, 0.25) is 0 Å². The molecule has 1 aliphatic heterocycles. The van der Waals surface area contributed by atoms with Crippen molar-refractivity contribution in [1.82, 2.24) is 10.6 Å². The summed E-state index contributed by atoms with van der Waals surface area (Å²) in [6.45, 7) is 2.13. The number of hydrogen-bond donors (Lipinski definition) is 2. The molecular formula is C14H25Cl3N2O3S. The first-order valence-electron chi connectivity index (χ1n) is 7.96. The van der Waals surface area contributed by atoms with Crippen LogP contribution in [0.3, 0.4) is 0 Å². The van der Waals surface area contributed by atoms with Gasteiger partial charge < -0.3 is 5.32 Å². The average molecular weight is 408 g/mol. The highest BCUT2D eigenvalue weighted by Gasteiger charge is 2.38. The lowest BCUT2D eigenvalue weighted by Gasteiger charge is -2.29. The molecule has 1 aliphatic rings. The van der Waals surface area contributed by atoms with Crippen molar-refractivity contribution in [2.45, 2.75) is 67.9 Å². The number of unbranched alkanes of at least 4 members (excludes halogenated alkanes) is 4. The average Bonchev–Trinajstić information content (AvgIpc) is 2.76. The molecule has 9 heteroatoms. The molecule has 0 aromatic carbocycles. The van der Waals surface area contributed by atoms with Gasteiger partial charge in [0.1, 0.15) is 6.17 Å². The fourth-order valence-corrected chi connectivity index (χ4v) is 4.54. The summed E-state index contributed by atoms with van der Waals surface area (Å²) < 4.78 is 21.2. The van der Waals surface area contributed by atoms with Gasteiger partial charge in [0.15, 0.2) is 9.84 Å². The summed E-state index contributed by atoms with van der Waals surface area (Å²) in [5.74, 6) is -0.0917. The van der Waals surface area contributed by atoms with Crippen molar-refractivity contribution in [3.05, 3.63) is 0 Å². The van der Waals surface area contributed by atoms with Crippen molar-refractivity contribution < 1.29 is 13.2 Å². The molecule has 2 atom stereocenters. The maximum Gasteiger partial charge on any atom is 0.223 e. The van der Waals surface area contributed by atoms with Crippen LogP contribution in [0, 0.1) is 0 Å². The Labute approximate surface area is 153 Å². The lowest BCUT2D eigenvalue weighted by atomic mass is 10.1. The van der Waals surface area contributed by atoms with Gasteiger partial charge in [-0.1, -0.05) is 67.4 Å². The number of hydrogen-bond acceptors (Lipinski definition) is 4. The highest BCUT2D eigenvalue weighted by molar-refractivity contribution is 7.91. The van der Waals surface area contributed by atoms with Crippen LogP contribution in [-0.4, -0.2) is 41.8 Å². The van der Waals surface area contributed by atoms with Crippen LogP contribution in [0.25, 0.3) is 0 Å². The van der Waals surface area contributed by atoms with E-state index in [0.29, 0.717) is 12.8 Å². The number of rotatable bonds is 9. The monoisotopic (exact) mass is 406 g/mol. The first kappa shape index (κ1) is 21.3. The zero-order valence-electron chi connectivity index (χ0n) is 13.3. The van der Waals surface area contributed by atoms with Crippen molar-refractivity contribution in [2.75, 3.05) is 11.5 Å². The van der Waals surface area contributed by atoms with E-state index in [1.807, 2.05) is 0 Å². The summed E-state index contributed by atoms with van der Waals surface area (Å²) in [5, 5.41) is 5.61. The van der Waals surface area contributed by atoms with E-state index >= 15 is 0 Å². The van der Waals surface area contributed by atoms with Gasteiger partial charge in [0.2, 0.25) is 9.70 Å². The molecule has 1 fully saturated rings. The van der Waals surface area contributed by atoms with E-state index in [0.717, 1.165) is 32.1 Å². The van der Waals surface area contributed by atoms with Crippen LogP contribution >= 0.6 is 34.8 Å². The van der Waals surface area contributed by atoms with E-state index in [1.165, 1.54) is 0 Å². The summed E-state index contributed by atoms with van der Waals surface area (Å²) in [4.78, 5) is 12.0. The summed E-state index contributed by atoms with van der Waals surface area (Å²) in [6, 6.07) is -0.314. The topological polar surface area (TPSA) is 75.3 Å². The maximum atomic E-state index is 12.0. The Morgan fingerprint density at radius 3 is 2.39 bits per heavy atom. The molecule has 1 heterocycles. The van der Waals surface area contributed by atoms with E-state index in [1.54, 1.807) is 0 Å². The van der Waals surface area contributed by atoms with Gasteiger partial charge in [-0.25, -0.2) is 8.42 Å². The minimum absolute atomic E-state index is 0.00284. The van der Waals surface area contributed by atoms with Crippen molar-refractivity contribution in [3.8, 4) is 0 Å². The number of carbonyl (C=O) groups is 1. The second-order valence-corrected chi connectivity index (χ2v) is 10.6. The Bertz CT molecular complexity index is 480. The first-order valence-corrected chi connectivity index (χ1v) is 10.9. The predicted octanol–water partition coefficient (Wildman–Crippen LogP) is 2.94. The Hall–Kier alpha value is 0.250. The van der Waals surface area contributed by atoms with Crippen LogP contribution in [0.1, 0.15) is 51.9 Å². The minimum Gasteiger partial charge on any atom is -0.337 e. The zero-order valence-corrected chi connectivity index (χ0v) is 16.4. The van der Waals surface area contributed by atoms with Gasteiger partial charge in [-0.2, -0.15) is 0 Å². The quantitative estimate of drug-likeness (QED) is 0.350. The third-order valence-corrected chi connectivity index (χ3v) is 6.20. The van der Waals surface area contributed by atoms with Crippen LogP contribution in [-0.2, 0) is 14.6 Å². The number of carbonyl (C=O) groups excluding carboxylic acids is 1. The SMILES string of the molecule is CCCCCCCC(=O)NC(NC1CCS(=O)(=O)C1)C(Cl)(Cl)Cl. The molecule has 0 aliphatic carbocycles. The van der Waals surface area contributed by atoms with E-state index < -0.39 is 19.8 Å². The molecule has 1 amide bonds. The number of halogens is 3. The van der Waals surface area contributed by atoms with E-state index in [4.69, 9.17) is 34.8 Å². The van der Waals surface area contributed by atoms with Gasteiger partial charge in [0.05, 0.1) is 11.5 Å². The Morgan fingerprint density at radius 1 is 1.22 bits per heavy atom. The molecule has 5 nitrogen and oxygen atoms in total. The second kappa shape index (κ2) is 9.66.